The fourth-order valence-electron chi connectivity index (χ4n) is 1.80. The van der Waals surface area contributed by atoms with Crippen LogP contribution in [0.1, 0.15) is 5.56 Å². The van der Waals surface area contributed by atoms with Gasteiger partial charge >= 0.3 is 6.47 Å². The molecule has 0 aliphatic carbocycles. The molecule has 5 heteroatoms. The molecule has 2 aromatic carbocycles. The Labute approximate surface area is 109 Å². The van der Waals surface area contributed by atoms with Gasteiger partial charge in [0.15, 0.2) is 0 Å². The lowest BCUT2D eigenvalue weighted by Gasteiger charge is -2.08. The van der Waals surface area contributed by atoms with Crippen LogP contribution in [0, 0.1) is 10.1 Å². The number of nitrogens with zero attached hydrogens (tertiary/aromatic N) is 1. The van der Waals surface area contributed by atoms with Gasteiger partial charge in [0, 0.05) is 12.1 Å². The number of rotatable bonds is 5. The molecule has 1 radical (unpaired) electrons. The van der Waals surface area contributed by atoms with Gasteiger partial charge in [0.25, 0.3) is 5.69 Å². The molecule has 0 aromatic heterocycles. The highest BCUT2D eigenvalue weighted by Crippen LogP contribution is 2.26. The number of carbonyl (C=O) groups excluding carboxylic acids is 1. The van der Waals surface area contributed by atoms with E-state index in [9.17, 15) is 14.9 Å². The van der Waals surface area contributed by atoms with Crippen LogP contribution in [0.4, 0.5) is 5.69 Å². The van der Waals surface area contributed by atoms with Gasteiger partial charge in [-0.25, -0.2) is 4.79 Å². The quantitative estimate of drug-likeness (QED) is 0.609. The highest BCUT2D eigenvalue weighted by atomic mass is 16.6. The number of nitro benzene ring substituents is 1. The predicted octanol–water partition coefficient (Wildman–Crippen LogP) is 2.85. The molecule has 0 spiro atoms. The van der Waals surface area contributed by atoms with E-state index in [4.69, 9.17) is 0 Å². The maximum atomic E-state index is 10.6. The highest BCUT2D eigenvalue weighted by Gasteiger charge is 2.08. The summed E-state index contributed by atoms with van der Waals surface area (Å²) in [4.78, 5) is 20.3. The minimum Gasteiger partial charge on any atom is -0.452 e. The first-order valence-corrected chi connectivity index (χ1v) is 5.54. The Morgan fingerprint density at radius 1 is 1.11 bits per heavy atom. The van der Waals surface area contributed by atoms with Crippen molar-refractivity contribution in [2.45, 2.75) is 6.61 Å². The van der Waals surface area contributed by atoms with E-state index in [1.807, 2.05) is 24.3 Å². The van der Waals surface area contributed by atoms with Gasteiger partial charge in [0.05, 0.1) is 4.92 Å². The average Bonchev–Trinajstić information content (AvgIpc) is 2.45. The Morgan fingerprint density at radius 2 is 1.79 bits per heavy atom. The molecule has 0 aliphatic heterocycles. The fraction of sp³-hybridized carbons (Fsp3) is 0.0714. The molecule has 5 nitrogen and oxygen atoms in total. The summed E-state index contributed by atoms with van der Waals surface area (Å²) >= 11 is 0. The van der Waals surface area contributed by atoms with Crippen molar-refractivity contribution in [3.8, 4) is 11.1 Å². The lowest BCUT2D eigenvalue weighted by atomic mass is 10.00. The molecule has 0 N–H and O–H groups in total. The van der Waals surface area contributed by atoms with Crippen molar-refractivity contribution in [1.82, 2.24) is 0 Å². The Balaban J connectivity index is 2.35. The van der Waals surface area contributed by atoms with Gasteiger partial charge < -0.3 is 4.74 Å². The molecule has 0 heterocycles. The molecule has 95 valence electrons. The Bertz CT molecular complexity index is 593. The average molecular weight is 256 g/mol. The smallest absolute Gasteiger partial charge is 0.417 e. The molecule has 0 bridgehead atoms. The molecule has 2 rings (SSSR count). The number of hydrogen-bond donors (Lipinski definition) is 0. The van der Waals surface area contributed by atoms with Crippen LogP contribution in [0.15, 0.2) is 48.5 Å². The molecular weight excluding hydrogens is 246 g/mol. The maximum Gasteiger partial charge on any atom is 0.417 e. The summed E-state index contributed by atoms with van der Waals surface area (Å²) in [7, 11) is 0. The topological polar surface area (TPSA) is 69.4 Å². The lowest BCUT2D eigenvalue weighted by Crippen LogP contribution is -1.94. The van der Waals surface area contributed by atoms with E-state index in [-0.39, 0.29) is 12.3 Å². The summed E-state index contributed by atoms with van der Waals surface area (Å²) in [5.41, 5.74) is 2.56. The molecule has 0 unspecified atom stereocenters. The first-order chi connectivity index (χ1) is 9.22. The number of nitro groups is 1. The largest absolute Gasteiger partial charge is 0.452 e. The summed E-state index contributed by atoms with van der Waals surface area (Å²) in [6.07, 6.45) is 0. The standard InChI is InChI=1S/C14H10NO4/c16-10-19-9-12-3-1-2-4-14(12)11-5-7-13(8-6-11)15(17)18/h1-8H,9H2. The van der Waals surface area contributed by atoms with E-state index < -0.39 is 4.92 Å². The van der Waals surface area contributed by atoms with Gasteiger partial charge in [-0.2, -0.15) is 0 Å². The SMILES string of the molecule is O=[C]OCc1ccccc1-c1ccc([N+](=O)[O-])cc1. The second kappa shape index (κ2) is 5.77. The zero-order valence-corrected chi connectivity index (χ0v) is 9.91. The summed E-state index contributed by atoms with van der Waals surface area (Å²) in [5.74, 6) is 0. The van der Waals surface area contributed by atoms with Crippen molar-refractivity contribution >= 4 is 12.2 Å². The molecule has 19 heavy (non-hydrogen) atoms. The van der Waals surface area contributed by atoms with Gasteiger partial charge in [0.1, 0.15) is 6.61 Å². The molecule has 0 fully saturated rings. The molecule has 2 aromatic rings. The van der Waals surface area contributed by atoms with E-state index in [0.29, 0.717) is 0 Å². The number of ether oxygens (including phenoxy) is 1. The van der Waals surface area contributed by atoms with Crippen LogP contribution in [0.5, 0.6) is 0 Å². The monoisotopic (exact) mass is 256 g/mol. The zero-order chi connectivity index (χ0) is 13.7. The lowest BCUT2D eigenvalue weighted by molar-refractivity contribution is -0.384. The fourth-order valence-corrected chi connectivity index (χ4v) is 1.80. The summed E-state index contributed by atoms with van der Waals surface area (Å²) in [6, 6.07) is 13.6. The first kappa shape index (κ1) is 12.8. The van der Waals surface area contributed by atoms with E-state index >= 15 is 0 Å². The third-order valence-electron chi connectivity index (χ3n) is 2.69. The molecule has 0 atom stereocenters. The summed E-state index contributed by atoms with van der Waals surface area (Å²) < 4.78 is 4.63. The van der Waals surface area contributed by atoms with Crippen LogP contribution in [-0.4, -0.2) is 11.4 Å². The normalized spacial score (nSPS) is 9.89. The van der Waals surface area contributed by atoms with Gasteiger partial charge in [-0.15, -0.1) is 0 Å². The van der Waals surface area contributed by atoms with Crippen molar-refractivity contribution in [3.63, 3.8) is 0 Å². The Morgan fingerprint density at radius 3 is 2.42 bits per heavy atom. The van der Waals surface area contributed by atoms with Gasteiger partial charge in [-0.05, 0) is 28.8 Å². The Kier molecular flexibility index (Phi) is 3.87. The van der Waals surface area contributed by atoms with Crippen molar-refractivity contribution in [2.75, 3.05) is 0 Å². The van der Waals surface area contributed by atoms with Crippen molar-refractivity contribution < 1.29 is 14.5 Å². The summed E-state index contributed by atoms with van der Waals surface area (Å²) in [6.45, 7) is 1.50. The molecule has 0 aliphatic rings. The van der Waals surface area contributed by atoms with Crippen LogP contribution in [0.2, 0.25) is 0 Å². The van der Waals surface area contributed by atoms with Crippen molar-refractivity contribution in [3.05, 3.63) is 64.2 Å². The third kappa shape index (κ3) is 2.95. The Hall–Kier alpha value is -2.69. The van der Waals surface area contributed by atoms with E-state index in [1.165, 1.54) is 18.6 Å². The second-order valence-electron chi connectivity index (χ2n) is 3.83. The van der Waals surface area contributed by atoms with Gasteiger partial charge in [-0.3, -0.25) is 10.1 Å². The maximum absolute atomic E-state index is 10.6. The van der Waals surface area contributed by atoms with Crippen LogP contribution in [0.25, 0.3) is 11.1 Å². The van der Waals surface area contributed by atoms with Crippen molar-refractivity contribution in [2.24, 2.45) is 0 Å². The minimum absolute atomic E-state index is 0.0405. The van der Waals surface area contributed by atoms with E-state index in [0.717, 1.165) is 16.7 Å². The molecule has 0 saturated carbocycles. The number of hydrogen-bond acceptors (Lipinski definition) is 4. The van der Waals surface area contributed by atoms with Crippen molar-refractivity contribution in [1.29, 1.82) is 0 Å². The minimum atomic E-state index is -0.444. The van der Waals surface area contributed by atoms with Crippen LogP contribution in [-0.2, 0) is 16.1 Å². The van der Waals surface area contributed by atoms with Gasteiger partial charge in [-0.1, -0.05) is 24.3 Å². The van der Waals surface area contributed by atoms with E-state index in [2.05, 4.69) is 4.74 Å². The van der Waals surface area contributed by atoms with Crippen LogP contribution < -0.4 is 0 Å². The highest BCUT2D eigenvalue weighted by molar-refractivity contribution is 5.68. The van der Waals surface area contributed by atoms with Gasteiger partial charge in [0.2, 0.25) is 0 Å². The third-order valence-corrected chi connectivity index (χ3v) is 2.69. The molecule has 0 amide bonds. The zero-order valence-electron chi connectivity index (χ0n) is 9.91. The first-order valence-electron chi connectivity index (χ1n) is 5.54. The summed E-state index contributed by atoms with van der Waals surface area (Å²) in [5, 5.41) is 10.6. The molecular formula is C14H10NO4. The van der Waals surface area contributed by atoms with Crippen LogP contribution >= 0.6 is 0 Å². The van der Waals surface area contributed by atoms with E-state index in [1.54, 1.807) is 12.1 Å². The second-order valence-corrected chi connectivity index (χ2v) is 3.83. The predicted molar refractivity (Wildman–Crippen MR) is 69.0 cm³/mol. The number of benzene rings is 2. The number of non-ortho nitro benzene ring substituents is 1. The van der Waals surface area contributed by atoms with Crippen LogP contribution in [0.3, 0.4) is 0 Å². The molecule has 0 saturated heterocycles.